The van der Waals surface area contributed by atoms with E-state index in [1.807, 2.05) is 0 Å². The molecule has 2 nitrogen and oxygen atoms in total. The van der Waals surface area contributed by atoms with Crippen molar-refractivity contribution in [1.29, 1.82) is 0 Å². The number of nitrogens with zero attached hydrogens (tertiary/aromatic N) is 1. The van der Waals surface area contributed by atoms with Crippen molar-refractivity contribution in [2.75, 3.05) is 19.3 Å². The van der Waals surface area contributed by atoms with Crippen LogP contribution in [0.3, 0.4) is 0 Å². The Morgan fingerprint density at radius 2 is 2.06 bits per heavy atom. The van der Waals surface area contributed by atoms with Gasteiger partial charge in [0.1, 0.15) is 0 Å². The largest absolute Gasteiger partial charge is 0.309 e. The standard InChI is InChI=1S/C14H28N2S/c1-11-9-15-14(2,3)10-16(11)12-6-5-7-13(8-12)17-4/h11-13,15H,5-10H2,1-4H3. The van der Waals surface area contributed by atoms with Gasteiger partial charge >= 0.3 is 0 Å². The highest BCUT2D eigenvalue weighted by Crippen LogP contribution is 2.32. The summed E-state index contributed by atoms with van der Waals surface area (Å²) >= 11 is 2.07. The average molecular weight is 256 g/mol. The Morgan fingerprint density at radius 3 is 2.76 bits per heavy atom. The second kappa shape index (κ2) is 5.50. The maximum absolute atomic E-state index is 3.66. The number of piperazine rings is 1. The summed E-state index contributed by atoms with van der Waals surface area (Å²) in [5.74, 6) is 0. The van der Waals surface area contributed by atoms with Crippen LogP contribution in [0.2, 0.25) is 0 Å². The van der Waals surface area contributed by atoms with Crippen LogP contribution < -0.4 is 5.32 Å². The normalized spacial score (nSPS) is 39.2. The average Bonchev–Trinajstić information content (AvgIpc) is 2.32. The number of thioether (sulfide) groups is 1. The first-order chi connectivity index (χ1) is 8.02. The smallest absolute Gasteiger partial charge is 0.0253 e. The monoisotopic (exact) mass is 256 g/mol. The zero-order valence-corrected chi connectivity index (χ0v) is 12.6. The van der Waals surface area contributed by atoms with E-state index in [-0.39, 0.29) is 0 Å². The molecular weight excluding hydrogens is 228 g/mol. The number of hydrogen-bond acceptors (Lipinski definition) is 3. The molecule has 1 aliphatic heterocycles. The summed E-state index contributed by atoms with van der Waals surface area (Å²) in [5.41, 5.74) is 0.290. The Morgan fingerprint density at radius 1 is 1.29 bits per heavy atom. The van der Waals surface area contributed by atoms with E-state index in [1.54, 1.807) is 0 Å². The van der Waals surface area contributed by atoms with Crippen molar-refractivity contribution in [2.45, 2.75) is 69.3 Å². The maximum Gasteiger partial charge on any atom is 0.0253 e. The third kappa shape index (κ3) is 3.39. The van der Waals surface area contributed by atoms with E-state index in [2.05, 4.69) is 49.0 Å². The summed E-state index contributed by atoms with van der Waals surface area (Å²) in [6.07, 6.45) is 7.95. The second-order valence-corrected chi connectivity index (χ2v) is 7.60. The highest BCUT2D eigenvalue weighted by Gasteiger charge is 2.36. The fourth-order valence-electron chi connectivity index (χ4n) is 3.33. The minimum Gasteiger partial charge on any atom is -0.309 e. The molecule has 0 aromatic rings. The van der Waals surface area contributed by atoms with Gasteiger partial charge < -0.3 is 5.32 Å². The van der Waals surface area contributed by atoms with E-state index >= 15 is 0 Å². The van der Waals surface area contributed by atoms with Crippen molar-refractivity contribution >= 4 is 11.8 Å². The molecule has 0 spiro atoms. The van der Waals surface area contributed by atoms with Crippen molar-refractivity contribution in [3.05, 3.63) is 0 Å². The molecule has 0 aromatic carbocycles. The molecule has 1 heterocycles. The van der Waals surface area contributed by atoms with Crippen molar-refractivity contribution in [3.63, 3.8) is 0 Å². The zero-order chi connectivity index (χ0) is 12.5. The topological polar surface area (TPSA) is 15.3 Å². The molecule has 3 heteroatoms. The molecule has 0 bridgehead atoms. The molecular formula is C14H28N2S. The molecule has 2 aliphatic rings. The molecule has 1 aliphatic carbocycles. The molecule has 0 aromatic heterocycles. The Labute approximate surface area is 111 Å². The quantitative estimate of drug-likeness (QED) is 0.818. The summed E-state index contributed by atoms with van der Waals surface area (Å²) in [7, 11) is 0. The number of nitrogens with one attached hydrogen (secondary N) is 1. The van der Waals surface area contributed by atoms with Gasteiger partial charge in [-0.25, -0.2) is 0 Å². The van der Waals surface area contributed by atoms with E-state index in [1.165, 1.54) is 32.2 Å². The lowest BCUT2D eigenvalue weighted by Gasteiger charge is -2.48. The predicted octanol–water partition coefficient (Wildman–Crippen LogP) is 2.73. The summed E-state index contributed by atoms with van der Waals surface area (Å²) in [6.45, 7) is 9.40. The molecule has 2 fully saturated rings. The fourth-order valence-corrected chi connectivity index (χ4v) is 4.15. The van der Waals surface area contributed by atoms with Gasteiger partial charge in [0.15, 0.2) is 0 Å². The third-order valence-electron chi connectivity index (χ3n) is 4.42. The molecule has 100 valence electrons. The first kappa shape index (κ1) is 13.7. The van der Waals surface area contributed by atoms with Gasteiger partial charge in [0.25, 0.3) is 0 Å². The van der Waals surface area contributed by atoms with Gasteiger partial charge in [-0.2, -0.15) is 11.8 Å². The van der Waals surface area contributed by atoms with Crippen LogP contribution in [0.15, 0.2) is 0 Å². The number of rotatable bonds is 2. The van der Waals surface area contributed by atoms with Gasteiger partial charge in [0, 0.05) is 36.0 Å². The molecule has 3 unspecified atom stereocenters. The molecule has 0 amide bonds. The second-order valence-electron chi connectivity index (χ2n) is 6.46. The van der Waals surface area contributed by atoms with Crippen LogP contribution in [0, 0.1) is 0 Å². The molecule has 1 N–H and O–H groups in total. The van der Waals surface area contributed by atoms with Crippen molar-refractivity contribution in [1.82, 2.24) is 10.2 Å². The maximum atomic E-state index is 3.66. The van der Waals surface area contributed by atoms with Crippen LogP contribution >= 0.6 is 11.8 Å². The first-order valence-electron chi connectivity index (χ1n) is 7.05. The lowest BCUT2D eigenvalue weighted by atomic mass is 9.89. The van der Waals surface area contributed by atoms with Gasteiger partial charge in [0.2, 0.25) is 0 Å². The van der Waals surface area contributed by atoms with Crippen LogP contribution in [0.4, 0.5) is 0 Å². The number of hydrogen-bond donors (Lipinski definition) is 1. The van der Waals surface area contributed by atoms with E-state index in [9.17, 15) is 0 Å². The Balaban J connectivity index is 1.99. The van der Waals surface area contributed by atoms with Gasteiger partial charge in [0.05, 0.1) is 0 Å². The minimum absolute atomic E-state index is 0.290. The van der Waals surface area contributed by atoms with Crippen LogP contribution in [0.1, 0.15) is 46.5 Å². The predicted molar refractivity (Wildman–Crippen MR) is 77.8 cm³/mol. The van der Waals surface area contributed by atoms with Gasteiger partial charge in [-0.05, 0) is 46.3 Å². The van der Waals surface area contributed by atoms with Crippen LogP contribution in [-0.4, -0.2) is 47.1 Å². The lowest BCUT2D eigenvalue weighted by Crippen LogP contribution is -2.63. The Kier molecular flexibility index (Phi) is 4.43. The van der Waals surface area contributed by atoms with Crippen LogP contribution in [0.25, 0.3) is 0 Å². The molecule has 17 heavy (non-hydrogen) atoms. The summed E-state index contributed by atoms with van der Waals surface area (Å²) in [6, 6.07) is 1.53. The van der Waals surface area contributed by atoms with Gasteiger partial charge in [-0.15, -0.1) is 0 Å². The summed E-state index contributed by atoms with van der Waals surface area (Å²) < 4.78 is 0. The lowest BCUT2D eigenvalue weighted by molar-refractivity contribution is 0.0470. The van der Waals surface area contributed by atoms with E-state index in [0.717, 1.165) is 17.8 Å². The first-order valence-corrected chi connectivity index (χ1v) is 8.34. The SMILES string of the molecule is CSC1CCCC(N2CC(C)(C)NCC2C)C1. The highest BCUT2D eigenvalue weighted by atomic mass is 32.2. The van der Waals surface area contributed by atoms with Crippen molar-refractivity contribution in [2.24, 2.45) is 0 Å². The Bertz CT molecular complexity index is 255. The van der Waals surface area contributed by atoms with Crippen molar-refractivity contribution < 1.29 is 0 Å². The summed E-state index contributed by atoms with van der Waals surface area (Å²) in [4.78, 5) is 2.78. The molecule has 3 atom stereocenters. The molecule has 2 rings (SSSR count). The van der Waals surface area contributed by atoms with Crippen LogP contribution in [0.5, 0.6) is 0 Å². The minimum atomic E-state index is 0.290. The van der Waals surface area contributed by atoms with Gasteiger partial charge in [-0.3, -0.25) is 4.90 Å². The molecule has 0 radical (unpaired) electrons. The van der Waals surface area contributed by atoms with Crippen molar-refractivity contribution in [3.8, 4) is 0 Å². The third-order valence-corrected chi connectivity index (χ3v) is 5.52. The fraction of sp³-hybridized carbons (Fsp3) is 1.00. The van der Waals surface area contributed by atoms with E-state index in [4.69, 9.17) is 0 Å². The molecule has 1 saturated heterocycles. The molecule has 1 saturated carbocycles. The Hall–Kier alpha value is 0.270. The van der Waals surface area contributed by atoms with Gasteiger partial charge in [-0.1, -0.05) is 6.42 Å². The zero-order valence-electron chi connectivity index (χ0n) is 11.8. The van der Waals surface area contributed by atoms with E-state index in [0.29, 0.717) is 11.6 Å². The van der Waals surface area contributed by atoms with E-state index < -0.39 is 0 Å². The summed E-state index contributed by atoms with van der Waals surface area (Å²) in [5, 5.41) is 4.56. The van der Waals surface area contributed by atoms with Crippen LogP contribution in [-0.2, 0) is 0 Å². The highest BCUT2D eigenvalue weighted by molar-refractivity contribution is 7.99.